The first-order valence-corrected chi connectivity index (χ1v) is 3.69. The van der Waals surface area contributed by atoms with Crippen LogP contribution >= 0.6 is 12.4 Å². The SMILES string of the molecule is Cl.N=C(N)c1ccc2cc[nH]c2c1. The smallest absolute Gasteiger partial charge is 0.122 e. The molecule has 0 fully saturated rings. The highest BCUT2D eigenvalue weighted by Crippen LogP contribution is 2.13. The molecule has 1 aromatic heterocycles. The Hall–Kier alpha value is -1.48. The number of aromatic nitrogens is 1. The number of nitrogen functional groups attached to an aromatic ring is 1. The fraction of sp³-hybridized carbons (Fsp3) is 0. The minimum Gasteiger partial charge on any atom is -0.384 e. The van der Waals surface area contributed by atoms with Crippen LogP contribution in [0.25, 0.3) is 10.9 Å². The van der Waals surface area contributed by atoms with Gasteiger partial charge in [0.25, 0.3) is 0 Å². The summed E-state index contributed by atoms with van der Waals surface area (Å²) < 4.78 is 0. The molecular weight excluding hydrogens is 186 g/mol. The lowest BCUT2D eigenvalue weighted by molar-refractivity contribution is 1.42. The molecule has 2 aromatic rings. The number of nitrogens with two attached hydrogens (primary N) is 1. The summed E-state index contributed by atoms with van der Waals surface area (Å²) in [5.74, 6) is 0.103. The maximum atomic E-state index is 7.23. The second kappa shape index (κ2) is 3.49. The molecule has 1 aromatic carbocycles. The van der Waals surface area contributed by atoms with Gasteiger partial charge in [-0.1, -0.05) is 12.1 Å². The zero-order chi connectivity index (χ0) is 8.55. The maximum Gasteiger partial charge on any atom is 0.122 e. The van der Waals surface area contributed by atoms with Crippen molar-refractivity contribution < 1.29 is 0 Å². The van der Waals surface area contributed by atoms with Gasteiger partial charge in [0.15, 0.2) is 0 Å². The van der Waals surface area contributed by atoms with E-state index in [4.69, 9.17) is 11.1 Å². The summed E-state index contributed by atoms with van der Waals surface area (Å²) in [7, 11) is 0. The first-order chi connectivity index (χ1) is 5.77. The van der Waals surface area contributed by atoms with Crippen molar-refractivity contribution in [2.75, 3.05) is 0 Å². The Morgan fingerprint density at radius 3 is 2.77 bits per heavy atom. The average Bonchev–Trinajstić information content (AvgIpc) is 2.49. The second-order valence-electron chi connectivity index (χ2n) is 2.69. The van der Waals surface area contributed by atoms with Crippen LogP contribution in [0.1, 0.15) is 5.56 Å². The molecule has 0 aliphatic rings. The largest absolute Gasteiger partial charge is 0.384 e. The minimum atomic E-state index is 0. The Morgan fingerprint density at radius 2 is 2.08 bits per heavy atom. The van der Waals surface area contributed by atoms with E-state index in [1.54, 1.807) is 0 Å². The minimum absolute atomic E-state index is 0. The second-order valence-corrected chi connectivity index (χ2v) is 2.69. The molecule has 2 rings (SSSR count). The molecule has 0 amide bonds. The van der Waals surface area contributed by atoms with Gasteiger partial charge in [-0.25, -0.2) is 0 Å². The summed E-state index contributed by atoms with van der Waals surface area (Å²) >= 11 is 0. The van der Waals surface area contributed by atoms with Gasteiger partial charge >= 0.3 is 0 Å². The van der Waals surface area contributed by atoms with Crippen molar-refractivity contribution in [3.8, 4) is 0 Å². The number of rotatable bonds is 1. The van der Waals surface area contributed by atoms with Crippen LogP contribution in [0.3, 0.4) is 0 Å². The molecule has 68 valence electrons. The van der Waals surface area contributed by atoms with Crippen molar-refractivity contribution in [3.05, 3.63) is 36.0 Å². The van der Waals surface area contributed by atoms with E-state index in [0.717, 1.165) is 16.5 Å². The number of aromatic amines is 1. The number of halogens is 1. The number of nitrogens with one attached hydrogen (secondary N) is 2. The van der Waals surface area contributed by atoms with Crippen LogP contribution in [0.2, 0.25) is 0 Å². The molecule has 0 saturated heterocycles. The summed E-state index contributed by atoms with van der Waals surface area (Å²) in [5.41, 5.74) is 7.11. The highest BCUT2D eigenvalue weighted by molar-refractivity contribution is 5.98. The average molecular weight is 196 g/mol. The molecule has 13 heavy (non-hydrogen) atoms. The number of H-pyrrole nitrogens is 1. The topological polar surface area (TPSA) is 65.7 Å². The van der Waals surface area contributed by atoms with E-state index in [2.05, 4.69) is 4.98 Å². The molecule has 0 saturated carbocycles. The van der Waals surface area contributed by atoms with Gasteiger partial charge in [-0.2, -0.15) is 0 Å². The van der Waals surface area contributed by atoms with Crippen LogP contribution in [0.15, 0.2) is 30.5 Å². The van der Waals surface area contributed by atoms with E-state index in [-0.39, 0.29) is 18.2 Å². The van der Waals surface area contributed by atoms with Gasteiger partial charge in [0.2, 0.25) is 0 Å². The van der Waals surface area contributed by atoms with E-state index in [1.807, 2.05) is 30.5 Å². The molecule has 0 bridgehead atoms. The van der Waals surface area contributed by atoms with Gasteiger partial charge in [-0.3, -0.25) is 5.41 Å². The van der Waals surface area contributed by atoms with Crippen molar-refractivity contribution in [1.82, 2.24) is 4.98 Å². The molecule has 0 atom stereocenters. The Kier molecular flexibility index (Phi) is 2.58. The normalized spacial score (nSPS) is 9.54. The van der Waals surface area contributed by atoms with Crippen LogP contribution in [0.5, 0.6) is 0 Å². The van der Waals surface area contributed by atoms with Gasteiger partial charge in [0.05, 0.1) is 0 Å². The molecule has 3 nitrogen and oxygen atoms in total. The van der Waals surface area contributed by atoms with Crippen LogP contribution in [-0.4, -0.2) is 10.8 Å². The highest BCUT2D eigenvalue weighted by Gasteiger charge is 1.98. The van der Waals surface area contributed by atoms with Gasteiger partial charge in [0, 0.05) is 17.3 Å². The van der Waals surface area contributed by atoms with Crippen molar-refractivity contribution in [3.63, 3.8) is 0 Å². The highest BCUT2D eigenvalue weighted by atomic mass is 35.5. The van der Waals surface area contributed by atoms with Crippen LogP contribution in [0, 0.1) is 5.41 Å². The predicted octanol–water partition coefficient (Wildman–Crippen LogP) is 1.87. The third kappa shape index (κ3) is 1.65. The number of fused-ring (bicyclic) bond motifs is 1. The molecule has 0 aliphatic heterocycles. The van der Waals surface area contributed by atoms with Crippen molar-refractivity contribution in [1.29, 1.82) is 5.41 Å². The molecule has 0 radical (unpaired) electrons. The number of hydrogen-bond donors (Lipinski definition) is 3. The van der Waals surface area contributed by atoms with Gasteiger partial charge < -0.3 is 10.7 Å². The maximum absolute atomic E-state index is 7.23. The molecular formula is C9H10ClN3. The quantitative estimate of drug-likeness (QED) is 0.472. The van der Waals surface area contributed by atoms with E-state index in [9.17, 15) is 0 Å². The monoisotopic (exact) mass is 195 g/mol. The third-order valence-corrected chi connectivity index (χ3v) is 1.87. The standard InChI is InChI=1S/C9H9N3.ClH/c10-9(11)7-2-1-6-3-4-12-8(6)5-7;/h1-5,12H,(H3,10,11);1H. The fourth-order valence-electron chi connectivity index (χ4n) is 1.22. The Balaban J connectivity index is 0.000000845. The summed E-state index contributed by atoms with van der Waals surface area (Å²) in [4.78, 5) is 3.06. The van der Waals surface area contributed by atoms with Crippen LogP contribution in [0.4, 0.5) is 0 Å². The molecule has 1 heterocycles. The lowest BCUT2D eigenvalue weighted by atomic mass is 10.1. The fourth-order valence-corrected chi connectivity index (χ4v) is 1.22. The summed E-state index contributed by atoms with van der Waals surface area (Å²) in [6.07, 6.45) is 1.87. The molecule has 4 heteroatoms. The zero-order valence-electron chi connectivity index (χ0n) is 6.87. The van der Waals surface area contributed by atoms with Gasteiger partial charge in [0.1, 0.15) is 5.84 Å². The number of hydrogen-bond acceptors (Lipinski definition) is 1. The van der Waals surface area contributed by atoms with Gasteiger partial charge in [-0.05, 0) is 17.5 Å². The van der Waals surface area contributed by atoms with Crippen molar-refractivity contribution in [2.24, 2.45) is 5.73 Å². The summed E-state index contributed by atoms with van der Waals surface area (Å²) in [6.45, 7) is 0. The Labute approximate surface area is 81.9 Å². The van der Waals surface area contributed by atoms with Gasteiger partial charge in [-0.15, -0.1) is 12.4 Å². The number of benzene rings is 1. The van der Waals surface area contributed by atoms with Crippen LogP contribution < -0.4 is 5.73 Å². The van der Waals surface area contributed by atoms with E-state index in [1.165, 1.54) is 0 Å². The molecule has 4 N–H and O–H groups in total. The number of amidine groups is 1. The molecule has 0 aliphatic carbocycles. The molecule has 0 unspecified atom stereocenters. The first-order valence-electron chi connectivity index (χ1n) is 3.69. The summed E-state index contributed by atoms with van der Waals surface area (Å²) in [5, 5.41) is 8.37. The van der Waals surface area contributed by atoms with Crippen LogP contribution in [-0.2, 0) is 0 Å². The predicted molar refractivity (Wildman–Crippen MR) is 56.6 cm³/mol. The van der Waals surface area contributed by atoms with E-state index >= 15 is 0 Å². The van der Waals surface area contributed by atoms with Crippen molar-refractivity contribution >= 4 is 29.1 Å². The first kappa shape index (κ1) is 9.61. The lowest BCUT2D eigenvalue weighted by Gasteiger charge is -1.96. The Morgan fingerprint density at radius 1 is 1.31 bits per heavy atom. The summed E-state index contributed by atoms with van der Waals surface area (Å²) in [6, 6.07) is 7.65. The Bertz CT molecular complexity index is 433. The van der Waals surface area contributed by atoms with E-state index in [0.29, 0.717) is 0 Å². The zero-order valence-corrected chi connectivity index (χ0v) is 7.69. The third-order valence-electron chi connectivity index (χ3n) is 1.87. The van der Waals surface area contributed by atoms with Crippen molar-refractivity contribution in [2.45, 2.75) is 0 Å². The lowest BCUT2D eigenvalue weighted by Crippen LogP contribution is -2.10. The van der Waals surface area contributed by atoms with E-state index < -0.39 is 0 Å². The molecule has 0 spiro atoms.